The van der Waals surface area contributed by atoms with Crippen LogP contribution in [0.25, 0.3) is 0 Å². The number of esters is 2. The van der Waals surface area contributed by atoms with Crippen molar-refractivity contribution in [2.24, 2.45) is 0 Å². The summed E-state index contributed by atoms with van der Waals surface area (Å²) in [6.45, 7) is 4.36. The highest BCUT2D eigenvalue weighted by Gasteiger charge is 2.40. The Kier molecular flexibility index (Phi) is 28.8. The smallest absolute Gasteiger partial charge is 0.330 e. The number of carbonyl (C=O) groups excluding carboxylic acids is 2. The van der Waals surface area contributed by atoms with Crippen LogP contribution in [0.2, 0.25) is 0 Å². The van der Waals surface area contributed by atoms with Gasteiger partial charge in [0, 0.05) is 19.3 Å². The maximum atomic E-state index is 14.1. The van der Waals surface area contributed by atoms with Crippen LogP contribution in [0, 0.1) is 5.82 Å². The highest BCUT2D eigenvalue weighted by Crippen LogP contribution is 2.31. The summed E-state index contributed by atoms with van der Waals surface area (Å²) in [5.41, 5.74) is -1.94. The van der Waals surface area contributed by atoms with Gasteiger partial charge in [0.2, 0.25) is 5.82 Å². The second-order valence-electron chi connectivity index (χ2n) is 16.1. The summed E-state index contributed by atoms with van der Waals surface area (Å²) < 4.78 is 32.3. The van der Waals surface area contributed by atoms with E-state index in [1.54, 1.807) is 0 Å². The number of hydrogen-bond acceptors (Lipinski definition) is 7. The first-order valence-corrected chi connectivity index (χ1v) is 22.9. The van der Waals surface area contributed by atoms with Gasteiger partial charge in [0.15, 0.2) is 0 Å². The molecule has 318 valence electrons. The quantitative estimate of drug-likeness (QED) is 0.0532. The number of ether oxygens (including phenoxy) is 3. The van der Waals surface area contributed by atoms with Gasteiger partial charge in [-0.25, -0.2) is 4.79 Å². The third-order valence-electron chi connectivity index (χ3n) is 11.1. The van der Waals surface area contributed by atoms with Gasteiger partial charge < -0.3 is 14.2 Å². The van der Waals surface area contributed by atoms with E-state index in [2.05, 4.69) is 13.8 Å². The number of nitrogens with zero attached hydrogens (tertiary/aromatic N) is 1. The molecule has 1 aliphatic heterocycles. The minimum atomic E-state index is -1.12. The lowest BCUT2D eigenvalue weighted by atomic mass is 10.0. The second kappa shape index (κ2) is 32.6. The lowest BCUT2D eigenvalue weighted by Gasteiger charge is -2.19. The maximum Gasteiger partial charge on any atom is 0.330 e. The Bertz CT molecular complexity index is 1230. The number of H-pyrrole nitrogens is 1. The number of aromatic amines is 1. The molecule has 2 heterocycles. The van der Waals surface area contributed by atoms with E-state index in [0.29, 0.717) is 6.42 Å². The van der Waals surface area contributed by atoms with Crippen molar-refractivity contribution in [3.8, 4) is 0 Å². The molecule has 1 aromatic heterocycles. The fourth-order valence-electron chi connectivity index (χ4n) is 7.58. The van der Waals surface area contributed by atoms with Gasteiger partial charge in [0.1, 0.15) is 25.0 Å². The molecule has 3 atom stereocenters. The van der Waals surface area contributed by atoms with Crippen molar-refractivity contribution in [2.45, 2.75) is 244 Å². The van der Waals surface area contributed by atoms with Gasteiger partial charge in [-0.1, -0.05) is 194 Å². The van der Waals surface area contributed by atoms with Crippen LogP contribution in [0.4, 0.5) is 4.39 Å². The summed E-state index contributed by atoms with van der Waals surface area (Å²) in [6.07, 6.45) is 36.1. The average molecular weight is 779 g/mol. The summed E-state index contributed by atoms with van der Waals surface area (Å²) in [5, 5.41) is 0. The molecule has 0 amide bonds. The molecular weight excluding hydrogens is 699 g/mol. The van der Waals surface area contributed by atoms with E-state index in [1.165, 1.54) is 154 Å². The number of nitrogens with one attached hydrogen (secondary N) is 1. The Balaban J connectivity index is 1.63. The van der Waals surface area contributed by atoms with Crippen molar-refractivity contribution >= 4 is 11.9 Å². The summed E-state index contributed by atoms with van der Waals surface area (Å²) in [5.74, 6) is -1.85. The standard InChI is InChI=1S/C45H79FN2O7/c1-3-5-7-9-11-13-15-17-19-21-23-25-27-29-31-33-42(49)53-37-40-39(35-41(54-40)48-36-38(46)44(51)47-45(48)52)55-43(50)34-32-30-28-26-24-22-20-18-16-14-12-10-8-6-4-2/h36,39-41H,3-35,37H2,1-2H3,(H,47,51,52)/t39?,40-,41-/m0/s1. The van der Waals surface area contributed by atoms with Crippen molar-refractivity contribution in [1.82, 2.24) is 9.55 Å². The summed E-state index contributed by atoms with van der Waals surface area (Å²) in [6, 6.07) is 0. The van der Waals surface area contributed by atoms with Gasteiger partial charge in [-0.15, -0.1) is 0 Å². The molecule has 1 saturated heterocycles. The van der Waals surface area contributed by atoms with Crippen molar-refractivity contribution in [3.63, 3.8) is 0 Å². The van der Waals surface area contributed by atoms with Crippen LogP contribution in [-0.2, 0) is 23.8 Å². The summed E-state index contributed by atoms with van der Waals surface area (Å²) in [7, 11) is 0. The van der Waals surface area contributed by atoms with E-state index in [-0.39, 0.29) is 31.4 Å². The molecule has 0 radical (unpaired) electrons. The van der Waals surface area contributed by atoms with Gasteiger partial charge in [-0.05, 0) is 12.8 Å². The number of hydrogen-bond donors (Lipinski definition) is 1. The van der Waals surface area contributed by atoms with Gasteiger partial charge >= 0.3 is 17.6 Å². The van der Waals surface area contributed by atoms with Crippen LogP contribution in [0.3, 0.4) is 0 Å². The monoisotopic (exact) mass is 779 g/mol. The van der Waals surface area contributed by atoms with E-state index >= 15 is 0 Å². The Hall–Kier alpha value is -2.49. The molecule has 0 spiro atoms. The van der Waals surface area contributed by atoms with E-state index in [0.717, 1.165) is 49.3 Å². The van der Waals surface area contributed by atoms with Gasteiger partial charge in [0.25, 0.3) is 5.56 Å². The van der Waals surface area contributed by atoms with Gasteiger partial charge in [-0.3, -0.25) is 23.9 Å². The van der Waals surface area contributed by atoms with Crippen LogP contribution in [0.15, 0.2) is 15.8 Å². The highest BCUT2D eigenvalue weighted by atomic mass is 19.1. The molecule has 1 N–H and O–H groups in total. The normalized spacial score (nSPS) is 16.8. The number of unbranched alkanes of at least 4 members (excludes halogenated alkanes) is 28. The van der Waals surface area contributed by atoms with Crippen molar-refractivity contribution in [2.75, 3.05) is 6.61 Å². The first-order chi connectivity index (χ1) is 26.8. The lowest BCUT2D eigenvalue weighted by Crippen LogP contribution is -2.34. The first kappa shape index (κ1) is 48.7. The fourth-order valence-corrected chi connectivity index (χ4v) is 7.58. The molecular formula is C45H79FN2O7. The zero-order chi connectivity index (χ0) is 39.8. The Morgan fingerprint density at radius 2 is 1.02 bits per heavy atom. The number of aromatic nitrogens is 2. The number of carbonyl (C=O) groups is 2. The van der Waals surface area contributed by atoms with Crippen molar-refractivity contribution in [1.29, 1.82) is 0 Å². The topological polar surface area (TPSA) is 117 Å². The minimum absolute atomic E-state index is 0.0667. The molecule has 1 unspecified atom stereocenters. The largest absolute Gasteiger partial charge is 0.463 e. The first-order valence-electron chi connectivity index (χ1n) is 22.9. The SMILES string of the molecule is CCCCCCCCCCCCCCCCCC(=O)OC[C@@H]1O[C@H](n2cc(F)c(=O)[nH]c2=O)CC1OC(=O)CCCCCCCCCCCCCCCCC. The summed E-state index contributed by atoms with van der Waals surface area (Å²) in [4.78, 5) is 51.4. The molecule has 10 heteroatoms. The fraction of sp³-hybridized carbons (Fsp3) is 0.867. The molecule has 1 aromatic rings. The van der Waals surface area contributed by atoms with Crippen LogP contribution in [0.5, 0.6) is 0 Å². The average Bonchev–Trinajstić information content (AvgIpc) is 3.57. The Morgan fingerprint density at radius 1 is 0.636 bits per heavy atom. The predicted octanol–water partition coefficient (Wildman–Crippen LogP) is 11.9. The number of halogens is 1. The summed E-state index contributed by atoms with van der Waals surface area (Å²) >= 11 is 0. The Labute approximate surface area is 332 Å². The third-order valence-corrected chi connectivity index (χ3v) is 11.1. The van der Waals surface area contributed by atoms with E-state index in [4.69, 9.17) is 14.2 Å². The molecule has 0 aromatic carbocycles. The third kappa shape index (κ3) is 24.0. The molecule has 0 bridgehead atoms. The molecule has 9 nitrogen and oxygen atoms in total. The van der Waals surface area contributed by atoms with E-state index in [1.807, 2.05) is 4.98 Å². The van der Waals surface area contributed by atoms with E-state index in [9.17, 15) is 23.6 Å². The van der Waals surface area contributed by atoms with Gasteiger partial charge in [0.05, 0.1) is 6.20 Å². The molecule has 2 rings (SSSR count). The maximum absolute atomic E-state index is 14.1. The second-order valence-corrected chi connectivity index (χ2v) is 16.1. The van der Waals surface area contributed by atoms with Gasteiger partial charge in [-0.2, -0.15) is 4.39 Å². The minimum Gasteiger partial charge on any atom is -0.463 e. The molecule has 0 saturated carbocycles. The molecule has 55 heavy (non-hydrogen) atoms. The molecule has 1 aliphatic rings. The molecule has 0 aliphatic carbocycles. The molecule has 1 fully saturated rings. The van der Waals surface area contributed by atoms with Crippen LogP contribution in [-0.4, -0.2) is 40.3 Å². The van der Waals surface area contributed by atoms with Crippen molar-refractivity contribution < 1.29 is 28.2 Å². The van der Waals surface area contributed by atoms with Crippen molar-refractivity contribution in [3.05, 3.63) is 32.9 Å². The van der Waals surface area contributed by atoms with Crippen LogP contribution < -0.4 is 11.2 Å². The zero-order valence-electron chi connectivity index (χ0n) is 35.0. The Morgan fingerprint density at radius 3 is 1.44 bits per heavy atom. The zero-order valence-corrected chi connectivity index (χ0v) is 35.0. The van der Waals surface area contributed by atoms with Crippen LogP contribution >= 0.6 is 0 Å². The lowest BCUT2D eigenvalue weighted by molar-refractivity contribution is -0.158. The number of rotatable bonds is 36. The highest BCUT2D eigenvalue weighted by molar-refractivity contribution is 5.70. The predicted molar refractivity (Wildman–Crippen MR) is 220 cm³/mol. The van der Waals surface area contributed by atoms with E-state index < -0.39 is 35.5 Å². The van der Waals surface area contributed by atoms with Crippen LogP contribution in [0.1, 0.15) is 232 Å².